The van der Waals surface area contributed by atoms with E-state index in [0.29, 0.717) is 11.5 Å². The third kappa shape index (κ3) is 6.01. The first-order valence-electron chi connectivity index (χ1n) is 4.39. The molecule has 2 N–H and O–H groups in total. The molecule has 0 amide bonds. The summed E-state index contributed by atoms with van der Waals surface area (Å²) in [4.78, 5) is 10.8. The van der Waals surface area contributed by atoms with Gasteiger partial charge in [-0.3, -0.25) is 4.79 Å². The monoisotopic (exact) mass is 255 g/mol. The van der Waals surface area contributed by atoms with Crippen LogP contribution in [0.3, 0.4) is 0 Å². The van der Waals surface area contributed by atoms with Crippen LogP contribution in [-0.2, 0) is 14.6 Å². The third-order valence-electron chi connectivity index (χ3n) is 2.01. The van der Waals surface area contributed by atoms with Crippen LogP contribution >= 0.6 is 11.8 Å². The lowest BCUT2D eigenvalue weighted by atomic mass is 10.1. The lowest BCUT2D eigenvalue weighted by Crippen LogP contribution is -2.49. The average Bonchev–Trinajstić information content (AvgIpc) is 2.10. The molecule has 0 aliphatic heterocycles. The Morgan fingerprint density at radius 3 is 2.40 bits per heavy atom. The van der Waals surface area contributed by atoms with Crippen LogP contribution in [0.1, 0.15) is 6.92 Å². The summed E-state index contributed by atoms with van der Waals surface area (Å²) < 4.78 is 21.6. The molecule has 0 saturated heterocycles. The Hall–Kier alpha value is -0.270. The topological polar surface area (TPSA) is 83.5 Å². The van der Waals surface area contributed by atoms with Crippen molar-refractivity contribution < 1.29 is 18.3 Å². The van der Waals surface area contributed by atoms with E-state index in [2.05, 4.69) is 5.32 Å². The van der Waals surface area contributed by atoms with Crippen molar-refractivity contribution in [3.05, 3.63) is 0 Å². The van der Waals surface area contributed by atoms with Crippen LogP contribution in [0.5, 0.6) is 0 Å². The van der Waals surface area contributed by atoms with Gasteiger partial charge in [-0.1, -0.05) is 0 Å². The Balaban J connectivity index is 3.99. The van der Waals surface area contributed by atoms with Crippen LogP contribution in [0.15, 0.2) is 0 Å². The summed E-state index contributed by atoms with van der Waals surface area (Å²) >= 11 is 1.32. The summed E-state index contributed by atoms with van der Waals surface area (Å²) in [6.07, 6.45) is 1.17. The molecule has 1 atom stereocenters. The molecular weight excluding hydrogens is 238 g/mol. The van der Waals surface area contributed by atoms with E-state index in [9.17, 15) is 13.2 Å². The fourth-order valence-corrected chi connectivity index (χ4v) is 3.23. The van der Waals surface area contributed by atoms with E-state index in [0.717, 1.165) is 0 Å². The lowest BCUT2D eigenvalue weighted by Gasteiger charge is -2.23. The largest absolute Gasteiger partial charge is 0.480 e. The summed E-state index contributed by atoms with van der Waals surface area (Å²) in [6, 6.07) is 0. The Labute approximate surface area is 94.5 Å². The number of hydrogen-bond acceptors (Lipinski definition) is 5. The van der Waals surface area contributed by atoms with E-state index in [1.807, 2.05) is 0 Å². The van der Waals surface area contributed by atoms with Gasteiger partial charge in [0, 0.05) is 17.8 Å². The normalized spacial score (nSPS) is 15.9. The summed E-state index contributed by atoms with van der Waals surface area (Å²) in [5.74, 6) is -0.0914. The molecule has 0 rings (SSSR count). The SMILES string of the molecule is CNC(C)(CSCCS(C)(=O)=O)C(=O)O. The number of rotatable bonds is 7. The van der Waals surface area contributed by atoms with E-state index in [1.54, 1.807) is 14.0 Å². The number of carboxylic acids is 1. The molecule has 0 aromatic carbocycles. The number of likely N-dealkylation sites (N-methyl/N-ethyl adjacent to an activating group) is 1. The van der Waals surface area contributed by atoms with Crippen LogP contribution in [0, 0.1) is 0 Å². The van der Waals surface area contributed by atoms with Crippen molar-refractivity contribution in [1.29, 1.82) is 0 Å². The average molecular weight is 255 g/mol. The number of nitrogens with one attached hydrogen (secondary N) is 1. The molecule has 0 aliphatic carbocycles. The molecular formula is C8H17NO4S2. The molecule has 90 valence electrons. The minimum absolute atomic E-state index is 0.0804. The maximum atomic E-state index is 10.8. The summed E-state index contributed by atoms with van der Waals surface area (Å²) in [5, 5.41) is 11.6. The minimum atomic E-state index is -2.96. The van der Waals surface area contributed by atoms with Gasteiger partial charge in [0.05, 0.1) is 5.75 Å². The van der Waals surface area contributed by atoms with Gasteiger partial charge < -0.3 is 10.4 Å². The first kappa shape index (κ1) is 14.7. The van der Waals surface area contributed by atoms with Gasteiger partial charge in [0.15, 0.2) is 0 Å². The van der Waals surface area contributed by atoms with Crippen LogP contribution in [0.4, 0.5) is 0 Å². The summed E-state index contributed by atoms with van der Waals surface area (Å²) in [6.45, 7) is 1.57. The van der Waals surface area contributed by atoms with Gasteiger partial charge in [0.1, 0.15) is 15.4 Å². The van der Waals surface area contributed by atoms with Gasteiger partial charge >= 0.3 is 5.97 Å². The van der Waals surface area contributed by atoms with Crippen molar-refractivity contribution in [3.63, 3.8) is 0 Å². The highest BCUT2D eigenvalue weighted by Gasteiger charge is 2.30. The second-order valence-electron chi connectivity index (χ2n) is 3.57. The number of sulfone groups is 1. The van der Waals surface area contributed by atoms with Crippen LogP contribution in [0.2, 0.25) is 0 Å². The Morgan fingerprint density at radius 2 is 2.07 bits per heavy atom. The second-order valence-corrected chi connectivity index (χ2v) is 6.93. The fourth-order valence-electron chi connectivity index (χ4n) is 0.727. The second kappa shape index (κ2) is 5.72. The van der Waals surface area contributed by atoms with E-state index < -0.39 is 21.3 Å². The molecule has 0 spiro atoms. The summed E-state index contributed by atoms with van der Waals surface area (Å²) in [5.41, 5.74) is -0.998. The quantitative estimate of drug-likeness (QED) is 0.614. The molecule has 0 aromatic rings. The predicted molar refractivity (Wildman–Crippen MR) is 62.1 cm³/mol. The van der Waals surface area contributed by atoms with Gasteiger partial charge in [0.2, 0.25) is 0 Å². The highest BCUT2D eigenvalue weighted by atomic mass is 32.2. The van der Waals surface area contributed by atoms with Crippen molar-refractivity contribution in [3.8, 4) is 0 Å². The van der Waals surface area contributed by atoms with Crippen molar-refractivity contribution >= 4 is 27.6 Å². The number of carbonyl (C=O) groups is 1. The minimum Gasteiger partial charge on any atom is -0.480 e. The van der Waals surface area contributed by atoms with Crippen molar-refractivity contribution in [2.75, 3.05) is 30.6 Å². The van der Waals surface area contributed by atoms with Crippen molar-refractivity contribution in [2.24, 2.45) is 0 Å². The zero-order valence-electron chi connectivity index (χ0n) is 9.11. The molecule has 0 bridgehead atoms. The van der Waals surface area contributed by atoms with E-state index in [1.165, 1.54) is 18.0 Å². The van der Waals surface area contributed by atoms with E-state index in [4.69, 9.17) is 5.11 Å². The van der Waals surface area contributed by atoms with Gasteiger partial charge in [-0.25, -0.2) is 8.42 Å². The highest BCUT2D eigenvalue weighted by Crippen LogP contribution is 2.13. The maximum Gasteiger partial charge on any atom is 0.324 e. The Bertz CT molecular complexity index is 315. The van der Waals surface area contributed by atoms with Crippen LogP contribution in [0.25, 0.3) is 0 Å². The standard InChI is InChI=1S/C8H17NO4S2/c1-8(9-2,7(10)11)6-14-4-5-15(3,12)13/h9H,4-6H2,1-3H3,(H,10,11). The molecule has 0 heterocycles. The number of carboxylic acid groups (broad SMARTS) is 1. The lowest BCUT2D eigenvalue weighted by molar-refractivity contribution is -0.142. The molecule has 0 aromatic heterocycles. The molecule has 1 unspecified atom stereocenters. The van der Waals surface area contributed by atoms with E-state index >= 15 is 0 Å². The molecule has 0 aliphatic rings. The molecule has 7 heteroatoms. The number of hydrogen-bond donors (Lipinski definition) is 2. The number of thioether (sulfide) groups is 1. The fraction of sp³-hybridized carbons (Fsp3) is 0.875. The van der Waals surface area contributed by atoms with Gasteiger partial charge in [-0.05, 0) is 14.0 Å². The smallest absolute Gasteiger partial charge is 0.324 e. The zero-order valence-corrected chi connectivity index (χ0v) is 10.7. The van der Waals surface area contributed by atoms with Crippen molar-refractivity contribution in [2.45, 2.75) is 12.5 Å². The van der Waals surface area contributed by atoms with Crippen molar-refractivity contribution in [1.82, 2.24) is 5.32 Å². The maximum absolute atomic E-state index is 10.8. The Morgan fingerprint density at radius 1 is 1.53 bits per heavy atom. The predicted octanol–water partition coefficient (Wildman–Crippen LogP) is -0.173. The van der Waals surface area contributed by atoms with Gasteiger partial charge in [-0.15, -0.1) is 0 Å². The molecule has 0 fully saturated rings. The summed E-state index contributed by atoms with van der Waals surface area (Å²) in [7, 11) is -1.38. The Kier molecular flexibility index (Phi) is 5.61. The zero-order chi connectivity index (χ0) is 12.1. The first-order valence-corrected chi connectivity index (χ1v) is 7.60. The molecule has 0 radical (unpaired) electrons. The highest BCUT2D eigenvalue weighted by molar-refractivity contribution is 8.00. The molecule has 0 saturated carbocycles. The van der Waals surface area contributed by atoms with E-state index in [-0.39, 0.29) is 5.75 Å². The number of aliphatic carboxylic acids is 1. The van der Waals surface area contributed by atoms with Gasteiger partial charge in [-0.2, -0.15) is 11.8 Å². The first-order chi connectivity index (χ1) is 6.71. The molecule has 5 nitrogen and oxygen atoms in total. The third-order valence-corrected chi connectivity index (χ3v) is 4.49. The van der Waals surface area contributed by atoms with Gasteiger partial charge in [0.25, 0.3) is 0 Å². The van der Waals surface area contributed by atoms with Crippen LogP contribution in [-0.4, -0.2) is 55.6 Å². The molecule has 15 heavy (non-hydrogen) atoms. The van der Waals surface area contributed by atoms with Crippen LogP contribution < -0.4 is 5.32 Å².